The molecular weight excluding hydrogens is 352 g/mol. The molecule has 1 fully saturated rings. The van der Waals surface area contributed by atoms with Gasteiger partial charge < -0.3 is 10.1 Å². The Balaban J connectivity index is 2.00. The average molecular weight is 377 g/mol. The normalized spacial score (nSPS) is 20.0. The number of nitrogens with zero attached hydrogens (tertiary/aromatic N) is 1. The Bertz CT molecular complexity index is 745. The molecule has 1 aromatic carbocycles. The van der Waals surface area contributed by atoms with Gasteiger partial charge in [0.2, 0.25) is 10.0 Å². The van der Waals surface area contributed by atoms with Crippen LogP contribution in [0.2, 0.25) is 0 Å². The van der Waals surface area contributed by atoms with Gasteiger partial charge in [-0.25, -0.2) is 16.8 Å². The van der Waals surface area contributed by atoms with Gasteiger partial charge in [0.15, 0.2) is 9.84 Å². The van der Waals surface area contributed by atoms with E-state index in [0.29, 0.717) is 25.4 Å². The van der Waals surface area contributed by atoms with Gasteiger partial charge in [-0.1, -0.05) is 6.92 Å². The Kier molecular flexibility index (Phi) is 6.24. The fraction of sp³-hybridized carbons (Fsp3) is 0.600. The van der Waals surface area contributed by atoms with Crippen LogP contribution in [-0.4, -0.2) is 64.9 Å². The molecule has 9 heteroatoms. The second-order valence-electron chi connectivity index (χ2n) is 5.77. The van der Waals surface area contributed by atoms with E-state index >= 15 is 0 Å². The standard InChI is InChI=1S/C15H24N2O5S2/c1-3-23(18,19)11-10-22-14-4-6-15(7-5-14)24(20,21)17-9-8-16-13(2)12-17/h4-7,13,16H,3,8-12H2,1-2H3. The highest BCUT2D eigenvalue weighted by Crippen LogP contribution is 2.20. The Hall–Kier alpha value is -1.16. The van der Waals surface area contributed by atoms with Crippen molar-refractivity contribution in [1.82, 2.24) is 9.62 Å². The first-order valence-corrected chi connectivity index (χ1v) is 11.2. The number of rotatable bonds is 7. The van der Waals surface area contributed by atoms with E-state index in [0.717, 1.165) is 0 Å². The van der Waals surface area contributed by atoms with Crippen molar-refractivity contribution in [2.45, 2.75) is 24.8 Å². The first kappa shape index (κ1) is 19.2. The van der Waals surface area contributed by atoms with Gasteiger partial charge in [0.1, 0.15) is 12.4 Å². The third kappa shape index (κ3) is 4.92. The summed E-state index contributed by atoms with van der Waals surface area (Å²) in [6.45, 7) is 5.11. The fourth-order valence-corrected chi connectivity index (χ4v) is 4.56. The number of sulfone groups is 1. The van der Waals surface area contributed by atoms with E-state index in [2.05, 4.69) is 5.32 Å². The van der Waals surface area contributed by atoms with Crippen molar-refractivity contribution >= 4 is 19.9 Å². The summed E-state index contributed by atoms with van der Waals surface area (Å²) in [6.07, 6.45) is 0. The van der Waals surface area contributed by atoms with Crippen LogP contribution in [0.15, 0.2) is 29.2 Å². The smallest absolute Gasteiger partial charge is 0.243 e. The first-order valence-electron chi connectivity index (χ1n) is 7.91. The van der Waals surface area contributed by atoms with Crippen molar-refractivity contribution in [1.29, 1.82) is 0 Å². The van der Waals surface area contributed by atoms with Crippen LogP contribution in [0.1, 0.15) is 13.8 Å². The van der Waals surface area contributed by atoms with Crippen molar-refractivity contribution in [2.75, 3.05) is 37.7 Å². The van der Waals surface area contributed by atoms with Gasteiger partial charge in [0.05, 0.1) is 10.6 Å². The highest BCUT2D eigenvalue weighted by Gasteiger charge is 2.28. The van der Waals surface area contributed by atoms with Gasteiger partial charge in [-0.15, -0.1) is 0 Å². The highest BCUT2D eigenvalue weighted by atomic mass is 32.2. The van der Waals surface area contributed by atoms with Crippen LogP contribution in [0.4, 0.5) is 0 Å². The number of nitrogens with one attached hydrogen (secondary N) is 1. The molecule has 7 nitrogen and oxygen atoms in total. The predicted octanol–water partition coefficient (Wildman–Crippen LogP) is 0.483. The maximum absolute atomic E-state index is 12.6. The number of sulfonamides is 1. The van der Waals surface area contributed by atoms with Crippen LogP contribution in [-0.2, 0) is 19.9 Å². The molecule has 1 aliphatic rings. The average Bonchev–Trinajstić information content (AvgIpc) is 2.55. The number of hydrogen-bond acceptors (Lipinski definition) is 6. The monoisotopic (exact) mass is 376 g/mol. The lowest BCUT2D eigenvalue weighted by Gasteiger charge is -2.31. The molecule has 1 atom stereocenters. The lowest BCUT2D eigenvalue weighted by molar-refractivity contribution is 0.310. The topological polar surface area (TPSA) is 92.8 Å². The van der Waals surface area contributed by atoms with Crippen molar-refractivity contribution in [3.05, 3.63) is 24.3 Å². The Labute approximate surface area is 144 Å². The van der Waals surface area contributed by atoms with Gasteiger partial charge >= 0.3 is 0 Å². The van der Waals surface area contributed by atoms with E-state index < -0.39 is 19.9 Å². The minimum absolute atomic E-state index is 0.0532. The third-order valence-corrected chi connectivity index (χ3v) is 7.44. The van der Waals surface area contributed by atoms with E-state index in [9.17, 15) is 16.8 Å². The molecule has 0 aromatic heterocycles. The quantitative estimate of drug-likeness (QED) is 0.744. The second kappa shape index (κ2) is 7.81. The zero-order valence-corrected chi connectivity index (χ0v) is 15.6. The van der Waals surface area contributed by atoms with E-state index in [1.807, 2.05) is 6.92 Å². The molecule has 1 aliphatic heterocycles. The molecule has 1 aromatic rings. The summed E-state index contributed by atoms with van der Waals surface area (Å²) < 4.78 is 54.9. The van der Waals surface area contributed by atoms with E-state index in [-0.39, 0.29) is 29.0 Å². The molecule has 0 amide bonds. The maximum atomic E-state index is 12.6. The van der Waals surface area contributed by atoms with Crippen molar-refractivity contribution in [2.24, 2.45) is 0 Å². The molecule has 0 aliphatic carbocycles. The van der Waals surface area contributed by atoms with E-state index in [1.54, 1.807) is 19.1 Å². The summed E-state index contributed by atoms with van der Waals surface area (Å²) in [4.78, 5) is 0.213. The molecule has 24 heavy (non-hydrogen) atoms. The molecule has 0 radical (unpaired) electrons. The summed E-state index contributed by atoms with van der Waals surface area (Å²) in [5.74, 6) is 0.479. The summed E-state index contributed by atoms with van der Waals surface area (Å²) in [5.41, 5.74) is 0. The van der Waals surface area contributed by atoms with Gasteiger partial charge in [-0.3, -0.25) is 0 Å². The molecule has 136 valence electrons. The van der Waals surface area contributed by atoms with Gasteiger partial charge in [-0.05, 0) is 31.2 Å². The Morgan fingerprint density at radius 2 is 1.88 bits per heavy atom. The molecule has 1 N–H and O–H groups in total. The van der Waals surface area contributed by atoms with Crippen LogP contribution >= 0.6 is 0 Å². The molecule has 0 saturated carbocycles. The molecular formula is C15H24N2O5S2. The molecule has 0 bridgehead atoms. The summed E-state index contributed by atoms with van der Waals surface area (Å²) >= 11 is 0. The zero-order chi connectivity index (χ0) is 17.8. The van der Waals surface area contributed by atoms with Crippen LogP contribution in [0.25, 0.3) is 0 Å². The van der Waals surface area contributed by atoms with Crippen molar-refractivity contribution in [3.8, 4) is 5.75 Å². The Morgan fingerprint density at radius 1 is 1.21 bits per heavy atom. The van der Waals surface area contributed by atoms with E-state index in [1.165, 1.54) is 16.4 Å². The van der Waals surface area contributed by atoms with Gasteiger partial charge in [0.25, 0.3) is 0 Å². The minimum Gasteiger partial charge on any atom is -0.493 e. The number of piperazine rings is 1. The van der Waals surface area contributed by atoms with Crippen molar-refractivity contribution < 1.29 is 21.6 Å². The van der Waals surface area contributed by atoms with Crippen LogP contribution in [0.3, 0.4) is 0 Å². The highest BCUT2D eigenvalue weighted by molar-refractivity contribution is 7.91. The maximum Gasteiger partial charge on any atom is 0.243 e. The first-order chi connectivity index (χ1) is 11.2. The van der Waals surface area contributed by atoms with Crippen LogP contribution in [0.5, 0.6) is 5.75 Å². The van der Waals surface area contributed by atoms with Crippen LogP contribution < -0.4 is 10.1 Å². The lowest BCUT2D eigenvalue weighted by Crippen LogP contribution is -2.51. The van der Waals surface area contributed by atoms with Gasteiger partial charge in [0, 0.05) is 31.4 Å². The number of hydrogen-bond donors (Lipinski definition) is 1. The zero-order valence-electron chi connectivity index (χ0n) is 13.9. The van der Waals surface area contributed by atoms with Crippen molar-refractivity contribution in [3.63, 3.8) is 0 Å². The SMILES string of the molecule is CCS(=O)(=O)CCOc1ccc(S(=O)(=O)N2CCNC(C)C2)cc1. The number of ether oxygens (including phenoxy) is 1. The lowest BCUT2D eigenvalue weighted by atomic mass is 10.3. The molecule has 1 unspecified atom stereocenters. The summed E-state index contributed by atoms with van der Waals surface area (Å²) in [5, 5.41) is 3.21. The predicted molar refractivity (Wildman–Crippen MR) is 92.5 cm³/mol. The minimum atomic E-state index is -3.52. The Morgan fingerprint density at radius 3 is 2.46 bits per heavy atom. The molecule has 2 rings (SSSR count). The summed E-state index contributed by atoms with van der Waals surface area (Å²) in [6, 6.07) is 6.21. The fourth-order valence-electron chi connectivity index (χ4n) is 2.40. The van der Waals surface area contributed by atoms with Crippen LogP contribution in [0, 0.1) is 0 Å². The second-order valence-corrected chi connectivity index (χ2v) is 10.2. The molecule has 1 heterocycles. The largest absolute Gasteiger partial charge is 0.493 e. The molecule has 1 saturated heterocycles. The third-order valence-electron chi connectivity index (χ3n) is 3.90. The summed E-state index contributed by atoms with van der Waals surface area (Å²) in [7, 11) is -6.59. The van der Waals surface area contributed by atoms with Gasteiger partial charge in [-0.2, -0.15) is 4.31 Å². The molecule has 0 spiro atoms. The van der Waals surface area contributed by atoms with E-state index in [4.69, 9.17) is 4.74 Å². The number of benzene rings is 1.